The maximum atomic E-state index is 12.4. The highest BCUT2D eigenvalue weighted by Gasteiger charge is 2.51. The number of hydrogen-bond donors (Lipinski definition) is 2. The third-order valence-corrected chi connectivity index (χ3v) is 3.71. The molecule has 2 rings (SSSR count). The number of esters is 1. The van der Waals surface area contributed by atoms with Gasteiger partial charge in [-0.15, -0.1) is 0 Å². The number of carbonyl (C=O) groups excluding carboxylic acids is 2. The number of hydrogen-bond acceptors (Lipinski definition) is 4. The SMILES string of the molecule is COC(=O)C[C@H](NC(=O)C1(c2ccccc2)CC1)C(=O)O. The zero-order chi connectivity index (χ0) is 15.5. The van der Waals surface area contributed by atoms with Crippen LogP contribution in [-0.4, -0.2) is 36.1 Å². The van der Waals surface area contributed by atoms with Crippen molar-refractivity contribution in [2.24, 2.45) is 0 Å². The molecule has 6 heteroatoms. The number of carboxylic acid groups (broad SMARTS) is 1. The van der Waals surface area contributed by atoms with Gasteiger partial charge in [-0.05, 0) is 18.4 Å². The molecule has 1 aromatic rings. The molecule has 1 atom stereocenters. The Hall–Kier alpha value is -2.37. The Balaban J connectivity index is 2.09. The number of aliphatic carboxylic acids is 1. The van der Waals surface area contributed by atoms with Crippen molar-refractivity contribution < 1.29 is 24.2 Å². The van der Waals surface area contributed by atoms with Crippen LogP contribution in [0.1, 0.15) is 24.8 Å². The number of carbonyl (C=O) groups is 3. The van der Waals surface area contributed by atoms with Crippen LogP contribution in [0.5, 0.6) is 0 Å². The maximum Gasteiger partial charge on any atom is 0.326 e. The van der Waals surface area contributed by atoms with Gasteiger partial charge in [-0.3, -0.25) is 9.59 Å². The van der Waals surface area contributed by atoms with Gasteiger partial charge in [-0.2, -0.15) is 0 Å². The largest absolute Gasteiger partial charge is 0.480 e. The fourth-order valence-corrected chi connectivity index (χ4v) is 2.28. The average Bonchev–Trinajstić information content (AvgIpc) is 3.28. The number of nitrogens with one attached hydrogen (secondary N) is 1. The van der Waals surface area contributed by atoms with E-state index in [0.717, 1.165) is 5.56 Å². The van der Waals surface area contributed by atoms with Crippen molar-refractivity contribution in [2.75, 3.05) is 7.11 Å². The van der Waals surface area contributed by atoms with E-state index in [9.17, 15) is 14.4 Å². The van der Waals surface area contributed by atoms with Gasteiger partial charge in [0.2, 0.25) is 5.91 Å². The predicted octanol–water partition coefficient (Wildman–Crippen LogP) is 0.851. The van der Waals surface area contributed by atoms with Crippen LogP contribution in [0, 0.1) is 0 Å². The van der Waals surface area contributed by atoms with Crippen molar-refractivity contribution in [3.8, 4) is 0 Å². The van der Waals surface area contributed by atoms with Gasteiger partial charge >= 0.3 is 11.9 Å². The fourth-order valence-electron chi connectivity index (χ4n) is 2.28. The van der Waals surface area contributed by atoms with Gasteiger partial charge in [0.15, 0.2) is 0 Å². The summed E-state index contributed by atoms with van der Waals surface area (Å²) in [6, 6.07) is 7.96. The lowest BCUT2D eigenvalue weighted by molar-refractivity contribution is -0.149. The Morgan fingerprint density at radius 2 is 1.90 bits per heavy atom. The van der Waals surface area contributed by atoms with Crippen molar-refractivity contribution in [3.63, 3.8) is 0 Å². The molecular formula is C15H17NO5. The van der Waals surface area contributed by atoms with Crippen LogP contribution in [0.25, 0.3) is 0 Å². The van der Waals surface area contributed by atoms with Crippen molar-refractivity contribution in [2.45, 2.75) is 30.7 Å². The first-order chi connectivity index (χ1) is 9.99. The molecule has 0 bridgehead atoms. The Bertz CT molecular complexity index is 550. The smallest absolute Gasteiger partial charge is 0.326 e. The molecule has 1 fully saturated rings. The predicted molar refractivity (Wildman–Crippen MR) is 73.6 cm³/mol. The van der Waals surface area contributed by atoms with Crippen LogP contribution in [0.3, 0.4) is 0 Å². The van der Waals surface area contributed by atoms with Gasteiger partial charge in [0.1, 0.15) is 6.04 Å². The standard InChI is InChI=1S/C15H17NO5/c1-21-12(17)9-11(13(18)19)16-14(20)15(7-8-15)10-5-3-2-4-6-10/h2-6,11H,7-9H2,1H3,(H,16,20)(H,18,19)/t11-/m0/s1. The number of methoxy groups -OCH3 is 1. The third kappa shape index (κ3) is 3.21. The number of benzene rings is 1. The minimum atomic E-state index is -1.27. The fraction of sp³-hybridized carbons (Fsp3) is 0.400. The summed E-state index contributed by atoms with van der Waals surface area (Å²) in [6.07, 6.45) is 0.962. The van der Waals surface area contributed by atoms with E-state index in [0.29, 0.717) is 12.8 Å². The van der Waals surface area contributed by atoms with Gasteiger partial charge in [-0.25, -0.2) is 4.79 Å². The van der Waals surface area contributed by atoms with Crippen molar-refractivity contribution >= 4 is 17.8 Å². The second-order valence-electron chi connectivity index (χ2n) is 5.09. The quantitative estimate of drug-likeness (QED) is 0.758. The van der Waals surface area contributed by atoms with E-state index in [1.807, 2.05) is 30.3 Å². The van der Waals surface area contributed by atoms with Gasteiger partial charge in [0.05, 0.1) is 18.9 Å². The molecule has 1 aliphatic carbocycles. The monoisotopic (exact) mass is 291 g/mol. The van der Waals surface area contributed by atoms with Crippen LogP contribution in [-0.2, 0) is 24.5 Å². The highest BCUT2D eigenvalue weighted by molar-refractivity contribution is 5.95. The van der Waals surface area contributed by atoms with E-state index in [2.05, 4.69) is 10.1 Å². The lowest BCUT2D eigenvalue weighted by atomic mass is 9.94. The number of carboxylic acids is 1. The zero-order valence-corrected chi connectivity index (χ0v) is 11.7. The van der Waals surface area contributed by atoms with Crippen molar-refractivity contribution in [1.82, 2.24) is 5.32 Å². The second-order valence-corrected chi connectivity index (χ2v) is 5.09. The molecular weight excluding hydrogens is 274 g/mol. The molecule has 0 aliphatic heterocycles. The Labute approximate surface area is 122 Å². The van der Waals surface area contributed by atoms with Crippen molar-refractivity contribution in [3.05, 3.63) is 35.9 Å². The highest BCUT2D eigenvalue weighted by atomic mass is 16.5. The Morgan fingerprint density at radius 1 is 1.29 bits per heavy atom. The zero-order valence-electron chi connectivity index (χ0n) is 11.7. The number of rotatable bonds is 6. The number of amides is 1. The van der Waals surface area contributed by atoms with E-state index in [4.69, 9.17) is 5.11 Å². The summed E-state index contributed by atoms with van der Waals surface area (Å²) in [4.78, 5) is 34.7. The normalized spacial score (nSPS) is 16.6. The Kier molecular flexibility index (Phi) is 4.26. The average molecular weight is 291 g/mol. The molecule has 0 saturated heterocycles. The van der Waals surface area contributed by atoms with E-state index < -0.39 is 23.4 Å². The number of ether oxygens (including phenoxy) is 1. The van der Waals surface area contributed by atoms with Crippen LogP contribution in [0.15, 0.2) is 30.3 Å². The Morgan fingerprint density at radius 3 is 2.38 bits per heavy atom. The molecule has 0 spiro atoms. The van der Waals surface area contributed by atoms with Crippen LogP contribution < -0.4 is 5.32 Å². The second kappa shape index (κ2) is 5.95. The highest BCUT2D eigenvalue weighted by Crippen LogP contribution is 2.48. The summed E-state index contributed by atoms with van der Waals surface area (Å²) >= 11 is 0. The van der Waals surface area contributed by atoms with E-state index in [1.165, 1.54) is 7.11 Å². The first kappa shape index (κ1) is 15.0. The van der Waals surface area contributed by atoms with Crippen LogP contribution >= 0.6 is 0 Å². The summed E-state index contributed by atoms with van der Waals surface area (Å²) in [5, 5.41) is 11.5. The summed E-state index contributed by atoms with van der Waals surface area (Å²) in [7, 11) is 1.18. The lowest BCUT2D eigenvalue weighted by Gasteiger charge is -2.19. The molecule has 0 heterocycles. The van der Waals surface area contributed by atoms with Crippen molar-refractivity contribution in [1.29, 1.82) is 0 Å². The molecule has 1 amide bonds. The molecule has 0 unspecified atom stereocenters. The molecule has 2 N–H and O–H groups in total. The molecule has 1 saturated carbocycles. The molecule has 0 radical (unpaired) electrons. The molecule has 0 aromatic heterocycles. The molecule has 1 aromatic carbocycles. The van der Waals surface area contributed by atoms with E-state index in [1.54, 1.807) is 0 Å². The van der Waals surface area contributed by atoms with Gasteiger partial charge < -0.3 is 15.2 Å². The van der Waals surface area contributed by atoms with Crippen LogP contribution in [0.2, 0.25) is 0 Å². The topological polar surface area (TPSA) is 92.7 Å². The van der Waals surface area contributed by atoms with E-state index >= 15 is 0 Å². The molecule has 6 nitrogen and oxygen atoms in total. The summed E-state index contributed by atoms with van der Waals surface area (Å²) < 4.78 is 4.44. The molecule has 1 aliphatic rings. The minimum absolute atomic E-state index is 0.356. The maximum absolute atomic E-state index is 12.4. The summed E-state index contributed by atoms with van der Waals surface area (Å²) in [6.45, 7) is 0. The van der Waals surface area contributed by atoms with Gasteiger partial charge in [0, 0.05) is 0 Å². The third-order valence-electron chi connectivity index (χ3n) is 3.71. The minimum Gasteiger partial charge on any atom is -0.480 e. The first-order valence-corrected chi connectivity index (χ1v) is 6.66. The van der Waals surface area contributed by atoms with Crippen LogP contribution in [0.4, 0.5) is 0 Å². The van der Waals surface area contributed by atoms with Gasteiger partial charge in [0.25, 0.3) is 0 Å². The summed E-state index contributed by atoms with van der Waals surface area (Å²) in [5.41, 5.74) is 0.204. The van der Waals surface area contributed by atoms with Gasteiger partial charge in [-0.1, -0.05) is 30.3 Å². The summed E-state index contributed by atoms with van der Waals surface area (Å²) in [5.74, 6) is -2.28. The molecule has 112 valence electrons. The van der Waals surface area contributed by atoms with E-state index in [-0.39, 0.29) is 12.3 Å². The first-order valence-electron chi connectivity index (χ1n) is 6.66. The lowest BCUT2D eigenvalue weighted by Crippen LogP contribution is -2.46. The molecule has 21 heavy (non-hydrogen) atoms.